The molecule has 0 aliphatic carbocycles. The van der Waals surface area contributed by atoms with E-state index in [1.807, 2.05) is 0 Å². The molecule has 8 nitrogen and oxygen atoms in total. The summed E-state index contributed by atoms with van der Waals surface area (Å²) in [7, 11) is 0. The molecule has 3 amide bonds. The van der Waals surface area contributed by atoms with Crippen molar-refractivity contribution in [2.75, 3.05) is 49.2 Å². The minimum Gasteiger partial charge on any atom is -0.444 e. The molecule has 3 rings (SSSR count). The molecule has 0 saturated carbocycles. The third-order valence-corrected chi connectivity index (χ3v) is 4.84. The SMILES string of the molecule is NC(=O)CC[C@H]1CN(c2ccc(N3CCN(CCF)C(=O)C3)c(F)c2)C(=O)O1. The van der Waals surface area contributed by atoms with Crippen molar-refractivity contribution < 1.29 is 27.9 Å². The van der Waals surface area contributed by atoms with Gasteiger partial charge in [0.1, 0.15) is 18.6 Å². The summed E-state index contributed by atoms with van der Waals surface area (Å²) in [5.74, 6) is -1.31. The fourth-order valence-corrected chi connectivity index (χ4v) is 3.36. The van der Waals surface area contributed by atoms with Crippen LogP contribution in [0.5, 0.6) is 0 Å². The molecule has 1 aromatic carbocycles. The van der Waals surface area contributed by atoms with Crippen molar-refractivity contribution in [1.29, 1.82) is 0 Å². The number of carbonyl (C=O) groups excluding carboxylic acids is 3. The van der Waals surface area contributed by atoms with E-state index in [0.717, 1.165) is 0 Å². The third kappa shape index (κ3) is 4.32. The van der Waals surface area contributed by atoms with Gasteiger partial charge >= 0.3 is 6.09 Å². The van der Waals surface area contributed by atoms with Gasteiger partial charge in [-0.3, -0.25) is 14.5 Å². The van der Waals surface area contributed by atoms with Gasteiger partial charge in [0.25, 0.3) is 0 Å². The zero-order valence-electron chi connectivity index (χ0n) is 15.3. The second-order valence-electron chi connectivity index (χ2n) is 6.75. The average molecular weight is 396 g/mol. The summed E-state index contributed by atoms with van der Waals surface area (Å²) >= 11 is 0. The first-order valence-corrected chi connectivity index (χ1v) is 9.03. The molecule has 0 radical (unpaired) electrons. The fraction of sp³-hybridized carbons (Fsp3) is 0.500. The second-order valence-corrected chi connectivity index (χ2v) is 6.75. The number of nitrogens with zero attached hydrogens (tertiary/aromatic N) is 3. The molecule has 2 aliphatic heterocycles. The minimum absolute atomic E-state index is 0.0305. The highest BCUT2D eigenvalue weighted by molar-refractivity contribution is 5.90. The van der Waals surface area contributed by atoms with Crippen LogP contribution >= 0.6 is 0 Å². The molecule has 152 valence electrons. The number of rotatable bonds is 7. The van der Waals surface area contributed by atoms with Crippen LogP contribution in [0.2, 0.25) is 0 Å². The molecule has 0 spiro atoms. The largest absolute Gasteiger partial charge is 0.444 e. The van der Waals surface area contributed by atoms with Crippen molar-refractivity contribution in [2.45, 2.75) is 18.9 Å². The second kappa shape index (κ2) is 8.41. The first kappa shape index (κ1) is 19.8. The highest BCUT2D eigenvalue weighted by Gasteiger charge is 2.33. The fourth-order valence-electron chi connectivity index (χ4n) is 3.36. The normalized spacial score (nSPS) is 19.9. The molecule has 2 aliphatic rings. The van der Waals surface area contributed by atoms with Gasteiger partial charge in [-0.15, -0.1) is 0 Å². The number of hydrogen-bond acceptors (Lipinski definition) is 5. The van der Waals surface area contributed by atoms with Crippen LogP contribution in [0.3, 0.4) is 0 Å². The van der Waals surface area contributed by atoms with E-state index in [1.54, 1.807) is 11.0 Å². The number of amides is 3. The third-order valence-electron chi connectivity index (χ3n) is 4.84. The lowest BCUT2D eigenvalue weighted by molar-refractivity contribution is -0.131. The smallest absolute Gasteiger partial charge is 0.414 e. The number of ether oxygens (including phenoxy) is 1. The Morgan fingerprint density at radius 3 is 2.71 bits per heavy atom. The van der Waals surface area contributed by atoms with Gasteiger partial charge in [0.2, 0.25) is 11.8 Å². The number of carbonyl (C=O) groups is 3. The summed E-state index contributed by atoms with van der Waals surface area (Å²) < 4.78 is 32.3. The number of nitrogens with two attached hydrogens (primary N) is 1. The van der Waals surface area contributed by atoms with Crippen molar-refractivity contribution >= 4 is 29.3 Å². The van der Waals surface area contributed by atoms with E-state index in [4.69, 9.17) is 10.5 Å². The van der Waals surface area contributed by atoms with Gasteiger partial charge < -0.3 is 20.3 Å². The molecule has 1 aromatic rings. The highest BCUT2D eigenvalue weighted by Crippen LogP contribution is 2.29. The molecule has 0 bridgehead atoms. The number of halogens is 2. The molecule has 2 heterocycles. The average Bonchev–Trinajstić information content (AvgIpc) is 3.02. The lowest BCUT2D eigenvalue weighted by atomic mass is 10.1. The van der Waals surface area contributed by atoms with Gasteiger partial charge in [0.05, 0.1) is 24.5 Å². The van der Waals surface area contributed by atoms with Gasteiger partial charge in [-0.2, -0.15) is 0 Å². The molecule has 28 heavy (non-hydrogen) atoms. The molecular weight excluding hydrogens is 374 g/mol. The molecule has 2 N–H and O–H groups in total. The predicted octanol–water partition coefficient (Wildman–Crippen LogP) is 1.03. The molecule has 2 saturated heterocycles. The van der Waals surface area contributed by atoms with Gasteiger partial charge in [-0.05, 0) is 24.6 Å². The van der Waals surface area contributed by atoms with E-state index in [0.29, 0.717) is 25.2 Å². The Morgan fingerprint density at radius 2 is 2.07 bits per heavy atom. The number of hydrogen-bond donors (Lipinski definition) is 1. The minimum atomic E-state index is -0.614. The maximum absolute atomic E-state index is 14.7. The quantitative estimate of drug-likeness (QED) is 0.743. The summed E-state index contributed by atoms with van der Waals surface area (Å²) in [6, 6.07) is 4.30. The lowest BCUT2D eigenvalue weighted by Crippen LogP contribution is -2.51. The lowest BCUT2D eigenvalue weighted by Gasteiger charge is -2.35. The van der Waals surface area contributed by atoms with Crippen LogP contribution < -0.4 is 15.5 Å². The zero-order valence-corrected chi connectivity index (χ0v) is 15.3. The number of primary amides is 1. The Morgan fingerprint density at radius 1 is 1.29 bits per heavy atom. The standard InChI is InChI=1S/C18H22F2N4O4/c19-5-6-22-7-8-23(11-17(22)26)15-3-1-12(9-14(15)20)24-10-13(28-18(24)27)2-4-16(21)25/h1,3,9,13H,2,4-8,10-11H2,(H2,21,25)/t13-/m0/s1. The Kier molecular flexibility index (Phi) is 5.96. The number of cyclic esters (lactones) is 1. The van der Waals surface area contributed by atoms with Gasteiger partial charge in [-0.1, -0.05) is 0 Å². The van der Waals surface area contributed by atoms with E-state index >= 15 is 0 Å². The van der Waals surface area contributed by atoms with Crippen LogP contribution in [0.15, 0.2) is 18.2 Å². The van der Waals surface area contributed by atoms with Crippen LogP contribution in [-0.4, -0.2) is 68.3 Å². The highest BCUT2D eigenvalue weighted by atomic mass is 19.1. The van der Waals surface area contributed by atoms with Crippen molar-refractivity contribution in [3.8, 4) is 0 Å². The summed E-state index contributed by atoms with van der Waals surface area (Å²) in [6.07, 6.45) is -0.689. The molecule has 10 heteroatoms. The monoisotopic (exact) mass is 396 g/mol. The Balaban J connectivity index is 1.67. The first-order valence-electron chi connectivity index (χ1n) is 9.03. The van der Waals surface area contributed by atoms with Gasteiger partial charge in [-0.25, -0.2) is 13.6 Å². The van der Waals surface area contributed by atoms with Gasteiger partial charge in [0.15, 0.2) is 0 Å². The van der Waals surface area contributed by atoms with E-state index in [9.17, 15) is 23.2 Å². The maximum atomic E-state index is 14.7. The van der Waals surface area contributed by atoms with E-state index in [2.05, 4.69) is 0 Å². The van der Waals surface area contributed by atoms with Crippen LogP contribution in [0.1, 0.15) is 12.8 Å². The first-order chi connectivity index (χ1) is 13.4. The van der Waals surface area contributed by atoms with Crippen LogP contribution in [0, 0.1) is 5.82 Å². The van der Waals surface area contributed by atoms with Crippen LogP contribution in [0.25, 0.3) is 0 Å². The topological polar surface area (TPSA) is 96.2 Å². The number of piperazine rings is 1. The Bertz CT molecular complexity index is 776. The van der Waals surface area contributed by atoms with E-state index < -0.39 is 30.6 Å². The number of benzene rings is 1. The molecule has 2 fully saturated rings. The Hall–Kier alpha value is -2.91. The summed E-state index contributed by atoms with van der Waals surface area (Å²) in [5.41, 5.74) is 5.67. The summed E-state index contributed by atoms with van der Waals surface area (Å²) in [6.45, 7) is 0.318. The van der Waals surface area contributed by atoms with Crippen molar-refractivity contribution in [3.63, 3.8) is 0 Å². The molecule has 0 aromatic heterocycles. The number of anilines is 2. The van der Waals surface area contributed by atoms with Crippen molar-refractivity contribution in [2.24, 2.45) is 5.73 Å². The van der Waals surface area contributed by atoms with Gasteiger partial charge in [0, 0.05) is 26.1 Å². The summed E-state index contributed by atoms with van der Waals surface area (Å²) in [5, 5.41) is 0. The summed E-state index contributed by atoms with van der Waals surface area (Å²) in [4.78, 5) is 39.2. The predicted molar refractivity (Wildman–Crippen MR) is 97.2 cm³/mol. The van der Waals surface area contributed by atoms with Crippen LogP contribution in [-0.2, 0) is 14.3 Å². The van der Waals surface area contributed by atoms with Crippen molar-refractivity contribution in [1.82, 2.24) is 4.90 Å². The van der Waals surface area contributed by atoms with Crippen molar-refractivity contribution in [3.05, 3.63) is 24.0 Å². The molecule has 1 atom stereocenters. The molecular formula is C18H22F2N4O4. The molecule has 0 unspecified atom stereocenters. The number of alkyl halides is 1. The van der Waals surface area contributed by atoms with Crippen LogP contribution in [0.4, 0.5) is 25.0 Å². The van der Waals surface area contributed by atoms with E-state index in [1.165, 1.54) is 21.9 Å². The Labute approximate surface area is 160 Å². The maximum Gasteiger partial charge on any atom is 0.414 e. The zero-order chi connectivity index (χ0) is 20.3. The van der Waals surface area contributed by atoms with E-state index in [-0.39, 0.29) is 37.6 Å².